The Bertz CT molecular complexity index is 399. The number of hydrogen-bond donors (Lipinski definition) is 1. The first-order valence-electron chi connectivity index (χ1n) is 3.19. The third-order valence-corrected chi connectivity index (χ3v) is 3.47. The molecule has 0 aliphatic carbocycles. The Kier molecular flexibility index (Phi) is 2.99. The average molecular weight is 265 g/mol. The molecule has 0 aliphatic heterocycles. The molecule has 0 atom stereocenters. The molecule has 64 valence electrons. The fourth-order valence-electron chi connectivity index (χ4n) is 1.02. The second kappa shape index (κ2) is 3.64. The van der Waals surface area contributed by atoms with Gasteiger partial charge in [0.25, 0.3) is 0 Å². The minimum atomic E-state index is 0. The number of hydrogen-bond acceptors (Lipinski definition) is 2. The Morgan fingerprint density at radius 3 is 2.83 bits per heavy atom. The highest BCUT2D eigenvalue weighted by Gasteiger charge is 1.99. The summed E-state index contributed by atoms with van der Waals surface area (Å²) in [7, 11) is 0. The zero-order valence-electron chi connectivity index (χ0n) is 6.08. The largest absolute Gasteiger partial charge is 0.399 e. The molecule has 0 saturated heterocycles. The molecule has 0 aliphatic rings. The van der Waals surface area contributed by atoms with Crippen molar-refractivity contribution in [3.63, 3.8) is 0 Å². The van der Waals surface area contributed by atoms with Crippen LogP contribution in [0.15, 0.2) is 28.1 Å². The van der Waals surface area contributed by atoms with Gasteiger partial charge < -0.3 is 5.73 Å². The maximum atomic E-state index is 5.64. The van der Waals surface area contributed by atoms with E-state index in [1.54, 1.807) is 11.3 Å². The van der Waals surface area contributed by atoms with Crippen molar-refractivity contribution in [1.82, 2.24) is 0 Å². The van der Waals surface area contributed by atoms with Crippen LogP contribution in [-0.4, -0.2) is 0 Å². The van der Waals surface area contributed by atoms with E-state index in [1.807, 2.05) is 18.2 Å². The van der Waals surface area contributed by atoms with Crippen molar-refractivity contribution in [3.05, 3.63) is 28.1 Å². The monoisotopic (exact) mass is 263 g/mol. The first-order chi connectivity index (χ1) is 5.27. The number of fused-ring (bicyclic) bond motifs is 1. The molecule has 1 heterocycles. The minimum absolute atomic E-state index is 0. The lowest BCUT2D eigenvalue weighted by Crippen LogP contribution is -1.81. The number of thiophene rings is 1. The molecule has 2 aromatic rings. The van der Waals surface area contributed by atoms with E-state index >= 15 is 0 Å². The van der Waals surface area contributed by atoms with E-state index in [1.165, 1.54) is 10.1 Å². The van der Waals surface area contributed by atoms with E-state index in [2.05, 4.69) is 21.3 Å². The van der Waals surface area contributed by atoms with Crippen molar-refractivity contribution < 1.29 is 0 Å². The Labute approximate surface area is 89.1 Å². The second-order valence-electron chi connectivity index (χ2n) is 2.34. The van der Waals surface area contributed by atoms with Gasteiger partial charge in [0, 0.05) is 25.6 Å². The first-order valence-corrected chi connectivity index (χ1v) is 4.87. The van der Waals surface area contributed by atoms with Crippen LogP contribution in [-0.2, 0) is 0 Å². The van der Waals surface area contributed by atoms with Crippen molar-refractivity contribution >= 4 is 55.4 Å². The van der Waals surface area contributed by atoms with Crippen molar-refractivity contribution in [2.24, 2.45) is 0 Å². The van der Waals surface area contributed by atoms with E-state index < -0.39 is 0 Å². The van der Waals surface area contributed by atoms with Gasteiger partial charge >= 0.3 is 0 Å². The van der Waals surface area contributed by atoms with Crippen LogP contribution in [0.5, 0.6) is 0 Å². The molecule has 4 heteroatoms. The van der Waals surface area contributed by atoms with Gasteiger partial charge in [-0.1, -0.05) is 0 Å². The van der Waals surface area contributed by atoms with Gasteiger partial charge in [0.2, 0.25) is 0 Å². The van der Waals surface area contributed by atoms with E-state index in [-0.39, 0.29) is 12.4 Å². The van der Waals surface area contributed by atoms with Crippen LogP contribution in [0.3, 0.4) is 0 Å². The van der Waals surface area contributed by atoms with Crippen LogP contribution < -0.4 is 5.73 Å². The van der Waals surface area contributed by atoms with Crippen LogP contribution in [0.2, 0.25) is 0 Å². The lowest BCUT2D eigenvalue weighted by atomic mass is 10.2. The predicted molar refractivity (Wildman–Crippen MR) is 61.2 cm³/mol. The molecule has 0 amide bonds. The Morgan fingerprint density at radius 1 is 1.33 bits per heavy atom. The fourth-order valence-corrected chi connectivity index (χ4v) is 2.56. The van der Waals surface area contributed by atoms with Gasteiger partial charge in [-0.25, -0.2) is 0 Å². The van der Waals surface area contributed by atoms with Gasteiger partial charge in [-0.05, 0) is 34.1 Å². The molecule has 1 aromatic carbocycles. The predicted octanol–water partition coefficient (Wildman–Crippen LogP) is 3.67. The number of halogens is 2. The van der Waals surface area contributed by atoms with Crippen molar-refractivity contribution in [1.29, 1.82) is 0 Å². The van der Waals surface area contributed by atoms with Crippen molar-refractivity contribution in [3.8, 4) is 0 Å². The van der Waals surface area contributed by atoms with Gasteiger partial charge in [-0.3, -0.25) is 0 Å². The first kappa shape index (κ1) is 9.84. The summed E-state index contributed by atoms with van der Waals surface area (Å²) in [4.78, 5) is 0. The maximum Gasteiger partial charge on any atom is 0.0361 e. The second-order valence-corrected chi connectivity index (χ2v) is 4.10. The zero-order chi connectivity index (χ0) is 7.84. The number of rotatable bonds is 0. The highest BCUT2D eigenvalue weighted by atomic mass is 79.9. The molecule has 0 fully saturated rings. The number of anilines is 1. The Hall–Kier alpha value is -0.250. The van der Waals surface area contributed by atoms with E-state index in [4.69, 9.17) is 5.73 Å². The molecule has 0 spiro atoms. The molecule has 0 unspecified atom stereocenters. The van der Waals surface area contributed by atoms with Crippen LogP contribution in [0.1, 0.15) is 0 Å². The van der Waals surface area contributed by atoms with Crippen LogP contribution in [0.4, 0.5) is 5.69 Å². The van der Waals surface area contributed by atoms with Crippen LogP contribution >= 0.6 is 39.7 Å². The summed E-state index contributed by atoms with van der Waals surface area (Å²) in [5.41, 5.74) is 6.45. The molecule has 0 bridgehead atoms. The summed E-state index contributed by atoms with van der Waals surface area (Å²) in [6.45, 7) is 0. The van der Waals surface area contributed by atoms with Gasteiger partial charge in [-0.15, -0.1) is 23.7 Å². The van der Waals surface area contributed by atoms with E-state index in [0.717, 1.165) is 10.2 Å². The molecule has 2 N–H and O–H groups in total. The molecular formula is C8H7BrClNS. The molecular weight excluding hydrogens is 258 g/mol. The summed E-state index contributed by atoms with van der Waals surface area (Å²) < 4.78 is 2.40. The Balaban J connectivity index is 0.000000720. The fraction of sp³-hybridized carbons (Fsp3) is 0. The highest BCUT2D eigenvalue weighted by molar-refractivity contribution is 9.10. The third kappa shape index (κ3) is 1.58. The molecule has 1 aromatic heterocycles. The summed E-state index contributed by atoms with van der Waals surface area (Å²) in [5, 5.41) is 3.28. The highest BCUT2D eigenvalue weighted by Crippen LogP contribution is 2.31. The quantitative estimate of drug-likeness (QED) is 0.722. The van der Waals surface area contributed by atoms with Gasteiger partial charge in [0.05, 0.1) is 0 Å². The SMILES string of the molecule is Cl.Nc1ccc2scc(Br)c2c1. The molecule has 2 rings (SSSR count). The van der Waals surface area contributed by atoms with Crippen LogP contribution in [0, 0.1) is 0 Å². The lowest BCUT2D eigenvalue weighted by Gasteiger charge is -1.92. The number of nitrogen functional groups attached to an aromatic ring is 1. The summed E-state index contributed by atoms with van der Waals surface area (Å²) in [5.74, 6) is 0. The maximum absolute atomic E-state index is 5.64. The standard InChI is InChI=1S/C8H6BrNS.ClH/c9-7-4-11-8-2-1-5(10)3-6(7)8;/h1-4H,10H2;1H. The average Bonchev–Trinajstić information content (AvgIpc) is 2.33. The molecule has 0 radical (unpaired) electrons. The van der Waals surface area contributed by atoms with Gasteiger partial charge in [0.15, 0.2) is 0 Å². The van der Waals surface area contributed by atoms with E-state index in [9.17, 15) is 0 Å². The number of nitrogens with two attached hydrogens (primary N) is 1. The van der Waals surface area contributed by atoms with Crippen molar-refractivity contribution in [2.75, 3.05) is 5.73 Å². The summed E-state index contributed by atoms with van der Waals surface area (Å²) in [6, 6.07) is 5.95. The zero-order valence-corrected chi connectivity index (χ0v) is 9.30. The topological polar surface area (TPSA) is 26.0 Å². The lowest BCUT2D eigenvalue weighted by molar-refractivity contribution is 1.78. The third-order valence-electron chi connectivity index (χ3n) is 1.55. The molecule has 0 saturated carbocycles. The van der Waals surface area contributed by atoms with Gasteiger partial charge in [-0.2, -0.15) is 0 Å². The van der Waals surface area contributed by atoms with Crippen molar-refractivity contribution in [2.45, 2.75) is 0 Å². The van der Waals surface area contributed by atoms with Crippen LogP contribution in [0.25, 0.3) is 10.1 Å². The summed E-state index contributed by atoms with van der Waals surface area (Å²) in [6.07, 6.45) is 0. The molecule has 1 nitrogen and oxygen atoms in total. The molecule has 12 heavy (non-hydrogen) atoms. The number of benzene rings is 1. The van der Waals surface area contributed by atoms with E-state index in [0.29, 0.717) is 0 Å². The van der Waals surface area contributed by atoms with Gasteiger partial charge in [0.1, 0.15) is 0 Å². The normalized spacial score (nSPS) is 9.75. The smallest absolute Gasteiger partial charge is 0.0361 e. The summed E-state index contributed by atoms with van der Waals surface area (Å²) >= 11 is 5.18. The Morgan fingerprint density at radius 2 is 2.08 bits per heavy atom. The minimum Gasteiger partial charge on any atom is -0.399 e.